The second-order valence-corrected chi connectivity index (χ2v) is 10.9. The van der Waals surface area contributed by atoms with E-state index in [4.69, 9.17) is 0 Å². The lowest BCUT2D eigenvalue weighted by Crippen LogP contribution is -2.38. The normalized spacial score (nSPS) is 16.5. The number of fused-ring (bicyclic) bond motifs is 1. The van der Waals surface area contributed by atoms with Crippen molar-refractivity contribution in [1.82, 2.24) is 19.8 Å². The molecule has 3 aromatic heterocycles. The Morgan fingerprint density at radius 3 is 2.85 bits per heavy atom. The summed E-state index contributed by atoms with van der Waals surface area (Å²) in [6, 6.07) is 14.6. The van der Waals surface area contributed by atoms with Crippen molar-refractivity contribution in [2.45, 2.75) is 24.2 Å². The van der Waals surface area contributed by atoms with Crippen LogP contribution in [0.1, 0.15) is 12.0 Å². The summed E-state index contributed by atoms with van der Waals surface area (Å²) in [7, 11) is 1.73. The van der Waals surface area contributed by atoms with Crippen molar-refractivity contribution in [2.75, 3.05) is 18.8 Å². The van der Waals surface area contributed by atoms with Gasteiger partial charge in [-0.3, -0.25) is 19.1 Å². The van der Waals surface area contributed by atoms with Gasteiger partial charge in [0.15, 0.2) is 5.16 Å². The van der Waals surface area contributed by atoms with Crippen LogP contribution in [0.25, 0.3) is 20.7 Å². The highest BCUT2D eigenvalue weighted by molar-refractivity contribution is 7.99. The molecule has 1 aliphatic rings. The zero-order chi connectivity index (χ0) is 22.8. The number of hydrogen-bond donors (Lipinski definition) is 1. The molecule has 1 atom stereocenters. The van der Waals surface area contributed by atoms with Crippen LogP contribution in [0.4, 0.5) is 0 Å². The van der Waals surface area contributed by atoms with Gasteiger partial charge >= 0.3 is 0 Å². The van der Waals surface area contributed by atoms with Gasteiger partial charge in [-0.2, -0.15) is 0 Å². The summed E-state index contributed by atoms with van der Waals surface area (Å²) < 4.78 is 1.56. The summed E-state index contributed by atoms with van der Waals surface area (Å²) in [5, 5.41) is 8.37. The number of benzene rings is 1. The van der Waals surface area contributed by atoms with Gasteiger partial charge in [-0.05, 0) is 23.4 Å². The monoisotopic (exact) mass is 496 g/mol. The van der Waals surface area contributed by atoms with E-state index in [1.165, 1.54) is 28.7 Å². The average Bonchev–Trinajstić information content (AvgIpc) is 3.57. The molecule has 33 heavy (non-hydrogen) atoms. The molecule has 9 heteroatoms. The molecule has 1 amide bonds. The number of aromatic nitrogens is 2. The molecule has 1 aliphatic heterocycles. The summed E-state index contributed by atoms with van der Waals surface area (Å²) in [6.07, 6.45) is 0.951. The molecule has 1 fully saturated rings. The highest BCUT2D eigenvalue weighted by atomic mass is 32.2. The van der Waals surface area contributed by atoms with Crippen LogP contribution in [-0.2, 0) is 18.4 Å². The van der Waals surface area contributed by atoms with Crippen LogP contribution in [0, 0.1) is 0 Å². The molecule has 4 heterocycles. The van der Waals surface area contributed by atoms with E-state index < -0.39 is 0 Å². The van der Waals surface area contributed by atoms with Crippen molar-refractivity contribution in [3.05, 3.63) is 69.1 Å². The van der Waals surface area contributed by atoms with Gasteiger partial charge in [0.1, 0.15) is 4.83 Å². The molecule has 0 aliphatic carbocycles. The third-order valence-electron chi connectivity index (χ3n) is 5.78. The zero-order valence-electron chi connectivity index (χ0n) is 18.2. The summed E-state index contributed by atoms with van der Waals surface area (Å²) >= 11 is 4.40. The van der Waals surface area contributed by atoms with Gasteiger partial charge in [0.05, 0.1) is 11.1 Å². The largest absolute Gasteiger partial charge is 0.351 e. The predicted molar refractivity (Wildman–Crippen MR) is 137 cm³/mol. The molecule has 170 valence electrons. The average molecular weight is 497 g/mol. The van der Waals surface area contributed by atoms with Gasteiger partial charge in [0, 0.05) is 48.5 Å². The summed E-state index contributed by atoms with van der Waals surface area (Å²) in [6.45, 7) is 2.74. The fourth-order valence-corrected chi connectivity index (χ4v) is 6.72. The van der Waals surface area contributed by atoms with Crippen molar-refractivity contribution < 1.29 is 4.79 Å². The molecule has 1 unspecified atom stereocenters. The Morgan fingerprint density at radius 1 is 1.21 bits per heavy atom. The quantitative estimate of drug-likeness (QED) is 0.307. The van der Waals surface area contributed by atoms with Crippen molar-refractivity contribution in [1.29, 1.82) is 0 Å². The van der Waals surface area contributed by atoms with Crippen molar-refractivity contribution >= 4 is 50.6 Å². The van der Waals surface area contributed by atoms with Crippen LogP contribution in [0.3, 0.4) is 0 Å². The predicted octanol–water partition coefficient (Wildman–Crippen LogP) is 4.21. The number of amides is 1. The van der Waals surface area contributed by atoms with Crippen molar-refractivity contribution in [3.63, 3.8) is 0 Å². The van der Waals surface area contributed by atoms with Crippen molar-refractivity contribution in [2.24, 2.45) is 7.05 Å². The fraction of sp³-hybridized carbons (Fsp3) is 0.292. The van der Waals surface area contributed by atoms with Gasteiger partial charge in [-0.15, -0.1) is 22.7 Å². The number of likely N-dealkylation sites (tertiary alicyclic amines) is 1. The number of nitrogens with one attached hydrogen (secondary N) is 1. The molecular weight excluding hydrogens is 472 g/mol. The first kappa shape index (κ1) is 22.3. The lowest BCUT2D eigenvalue weighted by molar-refractivity contribution is -0.119. The molecule has 0 bridgehead atoms. The lowest BCUT2D eigenvalue weighted by Gasteiger charge is -2.17. The van der Waals surface area contributed by atoms with Crippen LogP contribution >= 0.6 is 34.4 Å². The van der Waals surface area contributed by atoms with Crippen LogP contribution in [0.15, 0.2) is 63.2 Å². The molecule has 0 spiro atoms. The Bertz CT molecular complexity index is 1310. The highest BCUT2D eigenvalue weighted by Crippen LogP contribution is 2.34. The fourth-order valence-electron chi connectivity index (χ4n) is 4.13. The minimum absolute atomic E-state index is 0.0219. The van der Waals surface area contributed by atoms with Gasteiger partial charge in [-0.1, -0.05) is 48.2 Å². The van der Waals surface area contributed by atoms with E-state index in [2.05, 4.69) is 39.5 Å². The number of rotatable bonds is 7. The number of carbonyl (C=O) groups excluding carboxylic acids is 1. The van der Waals surface area contributed by atoms with E-state index in [-0.39, 0.29) is 23.3 Å². The summed E-state index contributed by atoms with van der Waals surface area (Å²) in [4.78, 5) is 34.5. The van der Waals surface area contributed by atoms with E-state index in [1.807, 2.05) is 29.0 Å². The van der Waals surface area contributed by atoms with Crippen LogP contribution in [0.5, 0.6) is 0 Å². The van der Waals surface area contributed by atoms with E-state index in [0.717, 1.165) is 41.3 Å². The maximum absolute atomic E-state index is 13.1. The zero-order valence-corrected chi connectivity index (χ0v) is 20.6. The maximum Gasteiger partial charge on any atom is 0.263 e. The van der Waals surface area contributed by atoms with Crippen molar-refractivity contribution in [3.8, 4) is 10.4 Å². The first-order valence-electron chi connectivity index (χ1n) is 10.8. The molecule has 5 rings (SSSR count). The van der Waals surface area contributed by atoms with Crippen LogP contribution in [0.2, 0.25) is 0 Å². The minimum atomic E-state index is -0.0695. The van der Waals surface area contributed by atoms with E-state index >= 15 is 0 Å². The van der Waals surface area contributed by atoms with Gasteiger partial charge < -0.3 is 5.32 Å². The van der Waals surface area contributed by atoms with E-state index in [1.54, 1.807) is 23.0 Å². The molecule has 0 saturated carbocycles. The van der Waals surface area contributed by atoms with Crippen LogP contribution in [-0.4, -0.2) is 45.2 Å². The Labute approximate surface area is 204 Å². The third-order valence-corrected chi connectivity index (χ3v) is 8.58. The summed E-state index contributed by atoms with van der Waals surface area (Å²) in [5.74, 6) is 0.218. The van der Waals surface area contributed by atoms with Gasteiger partial charge in [0.2, 0.25) is 5.91 Å². The highest BCUT2D eigenvalue weighted by Gasteiger charge is 2.24. The molecule has 4 aromatic rings. The summed E-state index contributed by atoms with van der Waals surface area (Å²) in [5.41, 5.74) is 2.16. The van der Waals surface area contributed by atoms with E-state index in [0.29, 0.717) is 10.5 Å². The van der Waals surface area contributed by atoms with Gasteiger partial charge in [0.25, 0.3) is 5.56 Å². The molecular formula is C24H24N4O2S3. The Balaban J connectivity index is 1.20. The smallest absolute Gasteiger partial charge is 0.263 e. The Morgan fingerprint density at radius 2 is 2.06 bits per heavy atom. The molecule has 1 saturated heterocycles. The number of hydrogen-bond acceptors (Lipinski definition) is 7. The lowest BCUT2D eigenvalue weighted by atomic mass is 10.2. The van der Waals surface area contributed by atoms with E-state index in [9.17, 15) is 9.59 Å². The minimum Gasteiger partial charge on any atom is -0.351 e. The second kappa shape index (κ2) is 9.80. The Hall–Kier alpha value is -2.46. The second-order valence-electron chi connectivity index (χ2n) is 8.13. The van der Waals surface area contributed by atoms with Crippen LogP contribution < -0.4 is 10.9 Å². The molecule has 6 nitrogen and oxygen atoms in total. The molecule has 1 N–H and O–H groups in total. The molecule has 1 aromatic carbocycles. The number of carbonyl (C=O) groups is 1. The SMILES string of the molecule is Cn1c(SCC(=O)NC2CCN(Cc3ccccc3)C2)nc2scc(-c3cccs3)c2c1=O. The standard InChI is InChI=1S/C24H24N4O2S3/c1-27-23(30)21-18(19-8-5-11-31-19)14-32-22(21)26-24(27)33-15-20(29)25-17-9-10-28(13-17)12-16-6-3-2-4-7-16/h2-8,11,14,17H,9-10,12-13,15H2,1H3,(H,25,29). The third kappa shape index (κ3) is 4.91. The number of nitrogens with zero attached hydrogens (tertiary/aromatic N) is 3. The Kier molecular flexibility index (Phi) is 6.64. The first-order valence-corrected chi connectivity index (χ1v) is 13.5. The topological polar surface area (TPSA) is 67.2 Å². The number of thiophene rings is 2. The van der Waals surface area contributed by atoms with Gasteiger partial charge in [-0.25, -0.2) is 4.98 Å². The molecule has 0 radical (unpaired) electrons. The number of thioether (sulfide) groups is 1. The maximum atomic E-state index is 13.1. The first-order chi connectivity index (χ1) is 16.1.